The minimum Gasteiger partial charge on any atom is -0.494 e. The van der Waals surface area contributed by atoms with Crippen LogP contribution in [0.2, 0.25) is 0 Å². The highest BCUT2D eigenvalue weighted by molar-refractivity contribution is 7.85. The molecule has 0 aliphatic carbocycles. The second-order valence-electron chi connectivity index (χ2n) is 10.3. The highest BCUT2D eigenvalue weighted by Crippen LogP contribution is 2.18. The fourth-order valence-corrected chi connectivity index (χ4v) is 4.90. The van der Waals surface area contributed by atoms with Crippen LogP contribution in [0.3, 0.4) is 0 Å². The number of pyridine rings is 2. The summed E-state index contributed by atoms with van der Waals surface area (Å²) < 4.78 is 57.4. The van der Waals surface area contributed by atoms with E-state index in [9.17, 15) is 22.4 Å². The Hall–Kier alpha value is -5.18. The fraction of sp³-hybridized carbons (Fsp3) is 0.212. The van der Waals surface area contributed by atoms with Gasteiger partial charge in [-0.1, -0.05) is 48.0 Å². The van der Waals surface area contributed by atoms with Crippen LogP contribution in [0.15, 0.2) is 101 Å². The summed E-state index contributed by atoms with van der Waals surface area (Å²) in [6, 6.07) is 20.3. The Labute approximate surface area is 271 Å². The summed E-state index contributed by atoms with van der Waals surface area (Å²) in [5.74, 6) is -0.973. The van der Waals surface area contributed by atoms with Gasteiger partial charge in [0.05, 0.1) is 49.5 Å². The fourth-order valence-electron chi connectivity index (χ4n) is 4.42. The lowest BCUT2D eigenvalue weighted by atomic mass is 10.1. The summed E-state index contributed by atoms with van der Waals surface area (Å²) in [7, 11) is -1.13. The van der Waals surface area contributed by atoms with Crippen molar-refractivity contribution in [1.82, 2.24) is 24.6 Å². The molecule has 0 fully saturated rings. The summed E-state index contributed by atoms with van der Waals surface area (Å²) in [5.41, 5.74) is 3.74. The molecule has 0 bridgehead atoms. The lowest BCUT2D eigenvalue weighted by molar-refractivity contribution is 0.0945. The number of nitrogens with one attached hydrogen (secondary N) is 1. The number of nitrogens with zero attached hydrogens (tertiary/aromatic N) is 4. The molecule has 0 atom stereocenters. The van der Waals surface area contributed by atoms with Crippen molar-refractivity contribution in [3.05, 3.63) is 141 Å². The first-order valence-electron chi connectivity index (χ1n) is 14.3. The van der Waals surface area contributed by atoms with Gasteiger partial charge in [0.1, 0.15) is 5.69 Å². The van der Waals surface area contributed by atoms with Crippen molar-refractivity contribution in [2.24, 2.45) is 0 Å². The molecule has 0 unspecified atom stereocenters. The normalized spacial score (nSPS) is 11.0. The zero-order valence-electron chi connectivity index (χ0n) is 26.0. The van der Waals surface area contributed by atoms with Gasteiger partial charge in [-0.15, -0.1) is 0 Å². The minimum absolute atomic E-state index is 0.0560. The minimum atomic E-state index is -4.02. The van der Waals surface area contributed by atoms with E-state index in [1.165, 1.54) is 44.7 Å². The molecule has 1 amide bonds. The molecule has 3 aromatic heterocycles. The number of hydrogen-bond donors (Lipinski definition) is 2. The second kappa shape index (κ2) is 15.9. The maximum absolute atomic E-state index is 14.4. The number of methoxy groups -OCH3 is 2. The van der Waals surface area contributed by atoms with Crippen LogP contribution in [0, 0.1) is 12.7 Å². The molecule has 2 N–H and O–H groups in total. The summed E-state index contributed by atoms with van der Waals surface area (Å²) in [5, 5.41) is 7.18. The maximum Gasteiger partial charge on any atom is 0.294 e. The van der Waals surface area contributed by atoms with Crippen LogP contribution >= 0.6 is 0 Å². The highest BCUT2D eigenvalue weighted by Gasteiger charge is 2.18. The van der Waals surface area contributed by atoms with Crippen LogP contribution in [0.4, 0.5) is 4.39 Å². The largest absolute Gasteiger partial charge is 0.494 e. The molecule has 0 aliphatic heterocycles. The standard InChI is InChI=1S/C26H26FN5O4.C7H8O3S/c1-35-17-22-20(26(34)29-13-21-25(27)23(36-2)10-11-28-21)16-32(30-22)15-19-8-6-18(7-9-19)14-31-12-4-3-5-24(31)33;1-6-2-4-7(5-3-6)11(8,9)10/h3-12,16H,13-15,17H2,1-2H3,(H,29,34);2-5H,1H3,(H,8,9,10). The Morgan fingerprint density at radius 2 is 1.64 bits per heavy atom. The van der Waals surface area contributed by atoms with E-state index >= 15 is 0 Å². The van der Waals surface area contributed by atoms with E-state index in [1.807, 2.05) is 37.3 Å². The lowest BCUT2D eigenvalue weighted by Gasteiger charge is -2.08. The molecular formula is C33H34FN5O7S. The SMILES string of the molecule is COCc1nn(Cc2ccc(Cn3ccccc3=O)cc2)cc1C(=O)NCc1nccc(OC)c1F.Cc1ccc(S(=O)(=O)O)cc1. The molecule has 47 heavy (non-hydrogen) atoms. The monoisotopic (exact) mass is 663 g/mol. The van der Waals surface area contributed by atoms with Crippen LogP contribution in [-0.4, -0.2) is 52.4 Å². The van der Waals surface area contributed by atoms with Crippen molar-refractivity contribution < 1.29 is 31.6 Å². The highest BCUT2D eigenvalue weighted by atomic mass is 32.2. The van der Waals surface area contributed by atoms with Crippen molar-refractivity contribution in [2.45, 2.75) is 38.1 Å². The molecular weight excluding hydrogens is 629 g/mol. The third-order valence-corrected chi connectivity index (χ3v) is 7.73. The van der Waals surface area contributed by atoms with Crippen molar-refractivity contribution in [1.29, 1.82) is 0 Å². The van der Waals surface area contributed by atoms with E-state index in [2.05, 4.69) is 15.4 Å². The van der Waals surface area contributed by atoms with Crippen molar-refractivity contribution in [3.8, 4) is 5.75 Å². The van der Waals surface area contributed by atoms with E-state index in [0.717, 1.165) is 16.7 Å². The molecule has 5 rings (SSSR count). The van der Waals surface area contributed by atoms with E-state index in [1.54, 1.807) is 39.8 Å². The number of aromatic nitrogens is 4. The summed E-state index contributed by atoms with van der Waals surface area (Å²) in [6.07, 6.45) is 4.81. The van der Waals surface area contributed by atoms with Crippen molar-refractivity contribution in [2.75, 3.05) is 14.2 Å². The van der Waals surface area contributed by atoms with Gasteiger partial charge in [0.2, 0.25) is 0 Å². The quantitative estimate of drug-likeness (QED) is 0.200. The summed E-state index contributed by atoms with van der Waals surface area (Å²) in [4.78, 5) is 28.7. The Bertz CT molecular complexity index is 1980. The van der Waals surface area contributed by atoms with Gasteiger partial charge in [-0.2, -0.15) is 13.5 Å². The van der Waals surface area contributed by atoms with Crippen LogP contribution in [0.5, 0.6) is 5.75 Å². The number of carbonyl (C=O) groups excluding carboxylic acids is 1. The molecule has 14 heteroatoms. The smallest absolute Gasteiger partial charge is 0.294 e. The summed E-state index contributed by atoms with van der Waals surface area (Å²) >= 11 is 0. The van der Waals surface area contributed by atoms with Gasteiger partial charge >= 0.3 is 0 Å². The molecule has 12 nitrogen and oxygen atoms in total. The van der Waals surface area contributed by atoms with Gasteiger partial charge in [-0.25, -0.2) is 4.39 Å². The van der Waals surface area contributed by atoms with E-state index < -0.39 is 21.8 Å². The molecule has 2 aromatic carbocycles. The second-order valence-corrected chi connectivity index (χ2v) is 11.8. The molecule has 0 saturated heterocycles. The molecule has 0 spiro atoms. The van der Waals surface area contributed by atoms with Gasteiger partial charge in [0, 0.05) is 37.8 Å². The average Bonchev–Trinajstić information content (AvgIpc) is 3.44. The van der Waals surface area contributed by atoms with Gasteiger partial charge in [0.15, 0.2) is 11.6 Å². The van der Waals surface area contributed by atoms with Crippen LogP contribution in [0.25, 0.3) is 0 Å². The predicted octanol–water partition coefficient (Wildman–Crippen LogP) is 4.00. The van der Waals surface area contributed by atoms with Crippen LogP contribution in [-0.2, 0) is 41.1 Å². The van der Waals surface area contributed by atoms with E-state index in [0.29, 0.717) is 24.3 Å². The Balaban J connectivity index is 0.000000385. The third-order valence-electron chi connectivity index (χ3n) is 6.86. The molecule has 246 valence electrons. The Morgan fingerprint density at radius 3 is 2.26 bits per heavy atom. The van der Waals surface area contributed by atoms with Gasteiger partial charge < -0.3 is 19.4 Å². The first-order chi connectivity index (χ1) is 22.5. The number of hydrogen-bond acceptors (Lipinski definition) is 8. The first kappa shape index (κ1) is 34.7. The number of benzene rings is 2. The molecule has 0 aliphatic rings. The predicted molar refractivity (Wildman–Crippen MR) is 171 cm³/mol. The number of carbonyl (C=O) groups is 1. The zero-order valence-corrected chi connectivity index (χ0v) is 26.8. The maximum atomic E-state index is 14.4. The summed E-state index contributed by atoms with van der Waals surface area (Å²) in [6.45, 7) is 2.79. The van der Waals surface area contributed by atoms with Crippen LogP contribution in [0.1, 0.15) is 38.4 Å². The molecule has 0 radical (unpaired) electrons. The van der Waals surface area contributed by atoms with Gasteiger partial charge in [-0.3, -0.25) is 23.8 Å². The average molecular weight is 664 g/mol. The molecule has 0 saturated carbocycles. The van der Waals surface area contributed by atoms with Gasteiger partial charge in [0.25, 0.3) is 21.6 Å². The van der Waals surface area contributed by atoms with E-state index in [-0.39, 0.29) is 35.0 Å². The number of ether oxygens (including phenoxy) is 2. The Morgan fingerprint density at radius 1 is 0.957 bits per heavy atom. The van der Waals surface area contributed by atoms with Crippen molar-refractivity contribution >= 4 is 16.0 Å². The van der Waals surface area contributed by atoms with Gasteiger partial charge in [-0.05, 0) is 36.2 Å². The number of rotatable bonds is 11. The molecule has 5 aromatic rings. The number of aryl methyl sites for hydroxylation is 1. The van der Waals surface area contributed by atoms with E-state index in [4.69, 9.17) is 14.0 Å². The topological polar surface area (TPSA) is 155 Å². The first-order valence-corrected chi connectivity index (χ1v) is 15.7. The number of amides is 1. The lowest BCUT2D eigenvalue weighted by Crippen LogP contribution is -2.24. The van der Waals surface area contributed by atoms with Crippen molar-refractivity contribution in [3.63, 3.8) is 0 Å². The van der Waals surface area contributed by atoms with Crippen LogP contribution < -0.4 is 15.6 Å². The Kier molecular flexibility index (Phi) is 11.7. The third kappa shape index (κ3) is 9.66. The molecule has 3 heterocycles. The number of halogens is 1. The zero-order chi connectivity index (χ0) is 34.0.